The van der Waals surface area contributed by atoms with Crippen LogP contribution in [0, 0.1) is 5.92 Å². The number of carbonyl (C=O) groups excluding carboxylic acids is 1. The van der Waals surface area contributed by atoms with Crippen molar-refractivity contribution in [1.82, 2.24) is 5.32 Å². The fourth-order valence-corrected chi connectivity index (χ4v) is 2.19. The number of amides is 1. The van der Waals surface area contributed by atoms with E-state index < -0.39 is 0 Å². The lowest BCUT2D eigenvalue weighted by atomic mass is 9.95. The smallest absolute Gasteiger partial charge is 0.217 e. The van der Waals surface area contributed by atoms with Gasteiger partial charge >= 0.3 is 0 Å². The molecule has 1 saturated carbocycles. The summed E-state index contributed by atoms with van der Waals surface area (Å²) in [5.41, 5.74) is 0. The van der Waals surface area contributed by atoms with Crippen molar-refractivity contribution in [3.05, 3.63) is 0 Å². The van der Waals surface area contributed by atoms with Crippen LogP contribution in [0.2, 0.25) is 0 Å². The van der Waals surface area contributed by atoms with Crippen molar-refractivity contribution in [2.75, 3.05) is 6.61 Å². The minimum atomic E-state index is 0.0188. The van der Waals surface area contributed by atoms with Gasteiger partial charge in [-0.1, -0.05) is 12.8 Å². The summed E-state index contributed by atoms with van der Waals surface area (Å²) in [4.78, 5) is 10.9. The van der Waals surface area contributed by atoms with Gasteiger partial charge < -0.3 is 10.4 Å². The molecule has 0 aromatic carbocycles. The van der Waals surface area contributed by atoms with Crippen LogP contribution < -0.4 is 5.32 Å². The van der Waals surface area contributed by atoms with Crippen LogP contribution in [-0.4, -0.2) is 23.7 Å². The van der Waals surface area contributed by atoms with E-state index >= 15 is 0 Å². The van der Waals surface area contributed by atoms with Crippen molar-refractivity contribution in [3.63, 3.8) is 0 Å². The van der Waals surface area contributed by atoms with Gasteiger partial charge in [-0.3, -0.25) is 4.79 Å². The average molecular weight is 185 g/mol. The highest BCUT2D eigenvalue weighted by Crippen LogP contribution is 2.28. The lowest BCUT2D eigenvalue weighted by Crippen LogP contribution is -2.38. The van der Waals surface area contributed by atoms with Gasteiger partial charge in [0.05, 0.1) is 0 Å². The van der Waals surface area contributed by atoms with Crippen molar-refractivity contribution >= 4 is 5.91 Å². The minimum absolute atomic E-state index is 0.0188. The normalized spacial score (nSPS) is 20.2. The first-order valence-corrected chi connectivity index (χ1v) is 5.12. The molecule has 0 heterocycles. The Morgan fingerprint density at radius 1 is 1.54 bits per heavy atom. The number of carbonyl (C=O) groups is 1. The average Bonchev–Trinajstić information content (AvgIpc) is 2.54. The maximum Gasteiger partial charge on any atom is 0.217 e. The van der Waals surface area contributed by atoms with Gasteiger partial charge in [0.1, 0.15) is 0 Å². The molecule has 1 fully saturated rings. The number of rotatable bonds is 4. The van der Waals surface area contributed by atoms with E-state index in [1.807, 2.05) is 0 Å². The Hall–Kier alpha value is -0.570. The molecule has 0 aromatic heterocycles. The van der Waals surface area contributed by atoms with Gasteiger partial charge in [-0.15, -0.1) is 0 Å². The van der Waals surface area contributed by atoms with E-state index in [2.05, 4.69) is 5.32 Å². The Morgan fingerprint density at radius 2 is 2.15 bits per heavy atom. The molecule has 0 radical (unpaired) electrons. The van der Waals surface area contributed by atoms with Crippen LogP contribution in [0.25, 0.3) is 0 Å². The highest BCUT2D eigenvalue weighted by atomic mass is 16.3. The van der Waals surface area contributed by atoms with Gasteiger partial charge in [0.25, 0.3) is 0 Å². The Balaban J connectivity index is 2.39. The first-order valence-electron chi connectivity index (χ1n) is 5.12. The summed E-state index contributed by atoms with van der Waals surface area (Å²) < 4.78 is 0. The molecular weight excluding hydrogens is 166 g/mol. The van der Waals surface area contributed by atoms with Gasteiger partial charge in [0.2, 0.25) is 5.91 Å². The summed E-state index contributed by atoms with van der Waals surface area (Å²) in [6.45, 7) is 1.71. The lowest BCUT2D eigenvalue weighted by molar-refractivity contribution is -0.120. The molecule has 3 nitrogen and oxygen atoms in total. The van der Waals surface area contributed by atoms with Crippen molar-refractivity contribution in [3.8, 4) is 0 Å². The van der Waals surface area contributed by atoms with Crippen LogP contribution in [0.4, 0.5) is 0 Å². The summed E-state index contributed by atoms with van der Waals surface area (Å²) in [7, 11) is 0. The zero-order chi connectivity index (χ0) is 9.68. The van der Waals surface area contributed by atoms with Crippen molar-refractivity contribution < 1.29 is 9.90 Å². The molecule has 2 N–H and O–H groups in total. The molecule has 3 heteroatoms. The molecule has 1 amide bonds. The van der Waals surface area contributed by atoms with Crippen LogP contribution in [-0.2, 0) is 4.79 Å². The molecule has 0 aromatic rings. The zero-order valence-corrected chi connectivity index (χ0v) is 8.25. The van der Waals surface area contributed by atoms with Gasteiger partial charge in [0.15, 0.2) is 0 Å². The second-order valence-corrected chi connectivity index (χ2v) is 3.86. The quantitative estimate of drug-likeness (QED) is 0.688. The van der Waals surface area contributed by atoms with Crippen LogP contribution in [0.15, 0.2) is 0 Å². The molecule has 1 aliphatic rings. The number of aliphatic hydroxyl groups excluding tert-OH is 1. The Bertz CT molecular complexity index is 164. The third kappa shape index (κ3) is 3.35. The standard InChI is InChI=1S/C10H19NO2/c1-8(13)11-10(6-7-12)9-4-2-3-5-9/h9-10,12H,2-7H2,1H3,(H,11,13). The fraction of sp³-hybridized carbons (Fsp3) is 0.900. The Morgan fingerprint density at radius 3 is 2.62 bits per heavy atom. The van der Waals surface area contributed by atoms with Gasteiger partial charge in [-0.05, 0) is 25.2 Å². The predicted octanol–water partition coefficient (Wildman–Crippen LogP) is 1.06. The van der Waals surface area contributed by atoms with Crippen LogP contribution in [0.5, 0.6) is 0 Å². The molecule has 1 atom stereocenters. The van der Waals surface area contributed by atoms with Crippen molar-refractivity contribution in [2.45, 2.75) is 45.1 Å². The lowest BCUT2D eigenvalue weighted by Gasteiger charge is -2.23. The van der Waals surface area contributed by atoms with Gasteiger partial charge in [-0.25, -0.2) is 0 Å². The molecular formula is C10H19NO2. The van der Waals surface area contributed by atoms with E-state index in [0.29, 0.717) is 12.3 Å². The zero-order valence-electron chi connectivity index (χ0n) is 8.25. The van der Waals surface area contributed by atoms with E-state index in [-0.39, 0.29) is 18.6 Å². The molecule has 0 bridgehead atoms. The first kappa shape index (κ1) is 10.5. The van der Waals surface area contributed by atoms with Crippen molar-refractivity contribution in [2.24, 2.45) is 5.92 Å². The molecule has 0 aliphatic heterocycles. The van der Waals surface area contributed by atoms with Gasteiger partial charge in [0, 0.05) is 19.6 Å². The topological polar surface area (TPSA) is 49.3 Å². The second kappa shape index (κ2) is 5.22. The Kier molecular flexibility index (Phi) is 4.22. The third-order valence-corrected chi connectivity index (χ3v) is 2.80. The van der Waals surface area contributed by atoms with Crippen LogP contribution in [0.1, 0.15) is 39.0 Å². The monoisotopic (exact) mass is 185 g/mol. The van der Waals surface area contributed by atoms with Crippen molar-refractivity contribution in [1.29, 1.82) is 0 Å². The van der Waals surface area contributed by atoms with E-state index in [0.717, 1.165) is 0 Å². The molecule has 1 rings (SSSR count). The largest absolute Gasteiger partial charge is 0.396 e. The number of hydrogen-bond donors (Lipinski definition) is 2. The number of hydrogen-bond acceptors (Lipinski definition) is 2. The van der Waals surface area contributed by atoms with Gasteiger partial charge in [-0.2, -0.15) is 0 Å². The molecule has 1 unspecified atom stereocenters. The third-order valence-electron chi connectivity index (χ3n) is 2.80. The molecule has 0 spiro atoms. The summed E-state index contributed by atoms with van der Waals surface area (Å²) in [6, 6.07) is 0.199. The highest BCUT2D eigenvalue weighted by molar-refractivity contribution is 5.73. The Labute approximate surface area is 79.5 Å². The number of aliphatic hydroxyl groups is 1. The molecule has 76 valence electrons. The second-order valence-electron chi connectivity index (χ2n) is 3.86. The van der Waals surface area contributed by atoms with Crippen LogP contribution >= 0.6 is 0 Å². The van der Waals surface area contributed by atoms with Crippen LogP contribution in [0.3, 0.4) is 0 Å². The SMILES string of the molecule is CC(=O)NC(CCO)C1CCCC1. The predicted molar refractivity (Wildman–Crippen MR) is 51.3 cm³/mol. The fourth-order valence-electron chi connectivity index (χ4n) is 2.19. The van der Waals surface area contributed by atoms with E-state index in [1.165, 1.54) is 25.7 Å². The molecule has 1 aliphatic carbocycles. The summed E-state index contributed by atoms with van der Waals surface area (Å²) in [5, 5.41) is 11.8. The molecule has 0 saturated heterocycles. The van der Waals surface area contributed by atoms with E-state index in [1.54, 1.807) is 6.92 Å². The maximum absolute atomic E-state index is 10.9. The first-order chi connectivity index (χ1) is 6.24. The number of nitrogens with one attached hydrogen (secondary N) is 1. The summed E-state index contributed by atoms with van der Waals surface area (Å²) in [5.74, 6) is 0.612. The van der Waals surface area contributed by atoms with E-state index in [9.17, 15) is 4.79 Å². The summed E-state index contributed by atoms with van der Waals surface area (Å²) in [6.07, 6.45) is 5.64. The minimum Gasteiger partial charge on any atom is -0.396 e. The highest BCUT2D eigenvalue weighted by Gasteiger charge is 2.24. The maximum atomic E-state index is 10.9. The molecule has 13 heavy (non-hydrogen) atoms. The summed E-state index contributed by atoms with van der Waals surface area (Å²) >= 11 is 0. The van der Waals surface area contributed by atoms with E-state index in [4.69, 9.17) is 5.11 Å².